The molecule has 1 aliphatic carbocycles. The van der Waals surface area contributed by atoms with Gasteiger partial charge in [0.1, 0.15) is 5.54 Å². The summed E-state index contributed by atoms with van der Waals surface area (Å²) in [6.45, 7) is 2.63. The molecule has 0 aromatic carbocycles. The Balaban J connectivity index is 1.76. The van der Waals surface area contributed by atoms with Crippen LogP contribution in [-0.2, 0) is 9.59 Å². The average Bonchev–Trinajstić information content (AvgIpc) is 3.02. The fourth-order valence-electron chi connectivity index (χ4n) is 3.62. The first-order chi connectivity index (χ1) is 9.37. The van der Waals surface area contributed by atoms with Gasteiger partial charge in [0.2, 0.25) is 5.91 Å². The Bertz CT molecular complexity index is 494. The molecule has 1 spiro atoms. The van der Waals surface area contributed by atoms with Crippen molar-refractivity contribution in [1.82, 2.24) is 15.5 Å². The highest BCUT2D eigenvalue weighted by molar-refractivity contribution is 6.07. The molecule has 7 nitrogen and oxygen atoms in total. The van der Waals surface area contributed by atoms with Gasteiger partial charge in [0.05, 0.1) is 12.0 Å². The largest absolute Gasteiger partial charge is 0.339 e. The van der Waals surface area contributed by atoms with Crippen LogP contribution in [0.3, 0.4) is 0 Å². The van der Waals surface area contributed by atoms with Crippen molar-refractivity contribution in [2.45, 2.75) is 44.2 Å². The Morgan fingerprint density at radius 2 is 2.15 bits per heavy atom. The monoisotopic (exact) mass is 280 g/mol. The predicted molar refractivity (Wildman–Crippen MR) is 70.5 cm³/mol. The van der Waals surface area contributed by atoms with Gasteiger partial charge in [0.25, 0.3) is 5.91 Å². The van der Waals surface area contributed by atoms with E-state index < -0.39 is 17.0 Å². The molecule has 3 rings (SSSR count). The third-order valence-corrected chi connectivity index (χ3v) is 5.09. The second-order valence-corrected chi connectivity index (χ2v) is 6.38. The summed E-state index contributed by atoms with van der Waals surface area (Å²) in [6.07, 6.45) is 3.06. The molecule has 2 aliphatic heterocycles. The van der Waals surface area contributed by atoms with Crippen molar-refractivity contribution in [3.05, 3.63) is 0 Å². The lowest BCUT2D eigenvalue weighted by atomic mass is 9.83. The molecule has 3 unspecified atom stereocenters. The molecule has 3 atom stereocenters. The summed E-state index contributed by atoms with van der Waals surface area (Å²) in [5, 5.41) is 4.90. The Labute approximate surface area is 117 Å². The van der Waals surface area contributed by atoms with Crippen LogP contribution in [0.4, 0.5) is 4.79 Å². The molecule has 1 saturated carbocycles. The third kappa shape index (κ3) is 1.72. The normalized spacial score (nSPS) is 40.3. The van der Waals surface area contributed by atoms with Gasteiger partial charge in [0, 0.05) is 12.6 Å². The number of rotatable bonds is 1. The van der Waals surface area contributed by atoms with E-state index in [1.807, 2.05) is 6.92 Å². The fraction of sp³-hybridized carbons (Fsp3) is 0.769. The number of amides is 4. The summed E-state index contributed by atoms with van der Waals surface area (Å²) in [5.74, 6) is -0.327. The molecule has 20 heavy (non-hydrogen) atoms. The summed E-state index contributed by atoms with van der Waals surface area (Å²) >= 11 is 0. The van der Waals surface area contributed by atoms with E-state index in [2.05, 4.69) is 10.6 Å². The molecule has 2 saturated heterocycles. The van der Waals surface area contributed by atoms with Crippen LogP contribution in [0.1, 0.15) is 32.6 Å². The van der Waals surface area contributed by atoms with E-state index in [0.29, 0.717) is 13.0 Å². The second-order valence-electron chi connectivity index (χ2n) is 6.38. The SMILES string of the molecule is CC1(C(=O)N2CCC3(C2)NC(=O)NC3=O)CCCC1N. The first-order valence-electron chi connectivity index (χ1n) is 7.06. The van der Waals surface area contributed by atoms with Crippen LogP contribution in [-0.4, -0.2) is 47.4 Å². The molecule has 3 aliphatic rings. The molecule has 0 aromatic heterocycles. The number of urea groups is 1. The Morgan fingerprint density at radius 1 is 1.40 bits per heavy atom. The maximum absolute atomic E-state index is 12.7. The van der Waals surface area contributed by atoms with Crippen molar-refractivity contribution in [3.63, 3.8) is 0 Å². The van der Waals surface area contributed by atoms with Crippen molar-refractivity contribution >= 4 is 17.8 Å². The minimum Gasteiger partial charge on any atom is -0.339 e. The lowest BCUT2D eigenvalue weighted by Gasteiger charge is -2.32. The van der Waals surface area contributed by atoms with Crippen molar-refractivity contribution in [2.75, 3.05) is 13.1 Å². The van der Waals surface area contributed by atoms with E-state index in [-0.39, 0.29) is 24.4 Å². The molecule has 4 amide bonds. The maximum Gasteiger partial charge on any atom is 0.322 e. The minimum atomic E-state index is -0.939. The molecule has 7 heteroatoms. The standard InChI is InChI=1S/C13H20N4O3/c1-12(4-2-3-8(12)14)10(19)17-6-5-13(7-17)9(18)15-11(20)16-13/h8H,2-7,14H2,1H3,(H2,15,16,18,20). The fourth-order valence-corrected chi connectivity index (χ4v) is 3.62. The molecule has 2 heterocycles. The van der Waals surface area contributed by atoms with E-state index in [1.165, 1.54) is 0 Å². The van der Waals surface area contributed by atoms with E-state index in [4.69, 9.17) is 5.73 Å². The van der Waals surface area contributed by atoms with Crippen LogP contribution in [0.2, 0.25) is 0 Å². The van der Waals surface area contributed by atoms with Crippen molar-refractivity contribution in [1.29, 1.82) is 0 Å². The lowest BCUT2D eigenvalue weighted by Crippen LogP contribution is -2.53. The van der Waals surface area contributed by atoms with Gasteiger partial charge in [0.15, 0.2) is 0 Å². The van der Waals surface area contributed by atoms with E-state index >= 15 is 0 Å². The first-order valence-corrected chi connectivity index (χ1v) is 7.06. The van der Waals surface area contributed by atoms with E-state index in [9.17, 15) is 14.4 Å². The summed E-state index contributed by atoms with van der Waals surface area (Å²) in [5.41, 5.74) is 4.60. The van der Waals surface area contributed by atoms with Gasteiger partial charge in [-0.1, -0.05) is 6.42 Å². The summed E-state index contributed by atoms with van der Waals surface area (Å²) in [6, 6.07) is -0.605. The van der Waals surface area contributed by atoms with Crippen LogP contribution in [0.5, 0.6) is 0 Å². The highest BCUT2D eigenvalue weighted by atomic mass is 16.2. The Hall–Kier alpha value is -1.63. The number of imide groups is 1. The smallest absolute Gasteiger partial charge is 0.322 e. The summed E-state index contributed by atoms with van der Waals surface area (Å²) in [4.78, 5) is 37.6. The van der Waals surface area contributed by atoms with Crippen LogP contribution < -0.4 is 16.4 Å². The van der Waals surface area contributed by atoms with Crippen LogP contribution in [0.15, 0.2) is 0 Å². The highest BCUT2D eigenvalue weighted by Crippen LogP contribution is 2.40. The van der Waals surface area contributed by atoms with Gasteiger partial charge < -0.3 is 16.0 Å². The predicted octanol–water partition coefficient (Wildman–Crippen LogP) is -0.686. The molecule has 4 N–H and O–H groups in total. The van der Waals surface area contributed by atoms with Crippen LogP contribution in [0, 0.1) is 5.41 Å². The molecule has 0 aromatic rings. The number of carbonyl (C=O) groups is 3. The molecule has 110 valence electrons. The number of carbonyl (C=O) groups excluding carboxylic acids is 3. The van der Waals surface area contributed by atoms with E-state index in [1.54, 1.807) is 4.90 Å². The van der Waals surface area contributed by atoms with Crippen molar-refractivity contribution in [2.24, 2.45) is 11.1 Å². The van der Waals surface area contributed by atoms with Gasteiger partial charge in [-0.3, -0.25) is 14.9 Å². The van der Waals surface area contributed by atoms with E-state index in [0.717, 1.165) is 19.3 Å². The topological polar surface area (TPSA) is 105 Å². The van der Waals surface area contributed by atoms with Gasteiger partial charge in [-0.05, 0) is 26.2 Å². The molecule has 3 fully saturated rings. The zero-order valence-electron chi connectivity index (χ0n) is 11.6. The third-order valence-electron chi connectivity index (χ3n) is 5.09. The summed E-state index contributed by atoms with van der Waals surface area (Å²) < 4.78 is 0. The lowest BCUT2D eigenvalue weighted by molar-refractivity contribution is -0.140. The Morgan fingerprint density at radius 3 is 2.70 bits per heavy atom. The number of hydrogen-bond donors (Lipinski definition) is 3. The van der Waals surface area contributed by atoms with Gasteiger partial charge in [-0.25, -0.2) is 4.79 Å². The number of nitrogens with one attached hydrogen (secondary N) is 2. The van der Waals surface area contributed by atoms with Gasteiger partial charge in [-0.15, -0.1) is 0 Å². The minimum absolute atomic E-state index is 0.00771. The molecule has 0 radical (unpaired) electrons. The Kier molecular flexibility index (Phi) is 2.79. The quantitative estimate of drug-likeness (QED) is 0.553. The zero-order chi connectivity index (χ0) is 14.5. The molecular formula is C13H20N4O3. The van der Waals surface area contributed by atoms with Crippen molar-refractivity contribution in [3.8, 4) is 0 Å². The second kappa shape index (κ2) is 4.18. The highest BCUT2D eigenvalue weighted by Gasteiger charge is 2.54. The average molecular weight is 280 g/mol. The van der Waals surface area contributed by atoms with Crippen molar-refractivity contribution < 1.29 is 14.4 Å². The molecular weight excluding hydrogens is 260 g/mol. The molecule has 0 bridgehead atoms. The number of hydrogen-bond acceptors (Lipinski definition) is 4. The van der Waals surface area contributed by atoms with Crippen LogP contribution >= 0.6 is 0 Å². The summed E-state index contributed by atoms with van der Waals surface area (Å²) in [7, 11) is 0. The van der Waals surface area contributed by atoms with Gasteiger partial charge in [-0.2, -0.15) is 0 Å². The van der Waals surface area contributed by atoms with Gasteiger partial charge >= 0.3 is 6.03 Å². The number of nitrogens with zero attached hydrogens (tertiary/aromatic N) is 1. The first kappa shape index (κ1) is 13.4. The zero-order valence-corrected chi connectivity index (χ0v) is 11.6. The number of nitrogens with two attached hydrogens (primary N) is 1. The number of likely N-dealkylation sites (tertiary alicyclic amines) is 1. The maximum atomic E-state index is 12.7. The van der Waals surface area contributed by atoms with Crippen LogP contribution in [0.25, 0.3) is 0 Å².